The minimum Gasteiger partial charge on any atom is -0.377 e. The Balaban J connectivity index is 4.41. The summed E-state index contributed by atoms with van der Waals surface area (Å²) in [4.78, 5) is 0. The molecule has 15 heavy (non-hydrogen) atoms. The molecule has 0 atom stereocenters. The second kappa shape index (κ2) is 6.95. The van der Waals surface area contributed by atoms with Crippen molar-refractivity contribution in [1.82, 2.24) is 0 Å². The molecule has 0 N–H and O–H groups in total. The van der Waals surface area contributed by atoms with Crippen molar-refractivity contribution in [3.05, 3.63) is 23.3 Å². The van der Waals surface area contributed by atoms with Crippen LogP contribution in [0.5, 0.6) is 0 Å². The van der Waals surface area contributed by atoms with Gasteiger partial charge in [0.15, 0.2) is 0 Å². The topological polar surface area (TPSA) is 27.7 Å². The molecule has 0 radical (unpaired) electrons. The maximum atomic E-state index is 5.31. The fraction of sp³-hybridized carbons (Fsp3) is 0.636. The molecule has 0 bridgehead atoms. The molecule has 0 aliphatic heterocycles. The largest absolute Gasteiger partial charge is 0.504 e. The molecular weight excluding hydrogens is 208 g/mol. The molecule has 0 saturated carbocycles. The van der Waals surface area contributed by atoms with Gasteiger partial charge in [-0.25, -0.2) is 0 Å². The van der Waals surface area contributed by atoms with Crippen LogP contribution in [0.15, 0.2) is 23.3 Å². The first-order chi connectivity index (χ1) is 7.01. The van der Waals surface area contributed by atoms with E-state index >= 15 is 0 Å². The molecule has 88 valence electrons. The Bertz CT molecular complexity index is 230. The lowest BCUT2D eigenvalue weighted by molar-refractivity contribution is 0.127. The minimum atomic E-state index is -2.43. The van der Waals surface area contributed by atoms with Crippen LogP contribution >= 0.6 is 0 Å². The first kappa shape index (κ1) is 14.6. The summed E-state index contributed by atoms with van der Waals surface area (Å²) in [6.07, 6.45) is 4.12. The second-order valence-electron chi connectivity index (χ2n) is 3.58. The fourth-order valence-corrected chi connectivity index (χ4v) is 2.45. The smallest absolute Gasteiger partial charge is 0.377 e. The van der Waals surface area contributed by atoms with Gasteiger partial charge in [-0.2, -0.15) is 0 Å². The molecule has 0 amide bonds. The third-order valence-electron chi connectivity index (χ3n) is 2.46. The normalized spacial score (nSPS) is 12.1. The Hall–Kier alpha value is -0.423. The Morgan fingerprint density at radius 3 is 1.80 bits per heavy atom. The maximum Gasteiger partial charge on any atom is 0.504 e. The van der Waals surface area contributed by atoms with Gasteiger partial charge in [0, 0.05) is 27.4 Å². The van der Waals surface area contributed by atoms with E-state index in [9.17, 15) is 0 Å². The third kappa shape index (κ3) is 4.75. The highest BCUT2D eigenvalue weighted by Gasteiger charge is 2.35. The van der Waals surface area contributed by atoms with Gasteiger partial charge in [-0.3, -0.25) is 0 Å². The summed E-state index contributed by atoms with van der Waals surface area (Å²) in [6, 6.07) is 0.696. The van der Waals surface area contributed by atoms with E-state index < -0.39 is 8.80 Å². The monoisotopic (exact) mass is 230 g/mol. The molecule has 0 rings (SSSR count). The average Bonchev–Trinajstić information content (AvgIpc) is 2.24. The van der Waals surface area contributed by atoms with Gasteiger partial charge in [0.1, 0.15) is 0 Å². The lowest BCUT2D eigenvalue weighted by Gasteiger charge is -2.22. The van der Waals surface area contributed by atoms with E-state index in [1.165, 1.54) is 11.1 Å². The summed E-state index contributed by atoms with van der Waals surface area (Å²) in [5.74, 6) is 0. The molecule has 0 fully saturated rings. The van der Waals surface area contributed by atoms with Crippen molar-refractivity contribution in [2.24, 2.45) is 0 Å². The van der Waals surface area contributed by atoms with Crippen molar-refractivity contribution in [2.75, 3.05) is 21.3 Å². The van der Waals surface area contributed by atoms with Crippen LogP contribution in [0.2, 0.25) is 6.04 Å². The van der Waals surface area contributed by atoms with Gasteiger partial charge in [-0.05, 0) is 20.8 Å². The van der Waals surface area contributed by atoms with Gasteiger partial charge in [-0.1, -0.05) is 23.3 Å². The van der Waals surface area contributed by atoms with E-state index in [2.05, 4.69) is 26.8 Å². The second-order valence-corrected chi connectivity index (χ2v) is 6.58. The number of allylic oxidation sites excluding steroid dienone is 4. The molecule has 0 aromatic heterocycles. The van der Waals surface area contributed by atoms with Gasteiger partial charge < -0.3 is 13.3 Å². The molecule has 0 saturated heterocycles. The van der Waals surface area contributed by atoms with Crippen molar-refractivity contribution in [3.63, 3.8) is 0 Å². The Morgan fingerprint density at radius 2 is 1.47 bits per heavy atom. The summed E-state index contributed by atoms with van der Waals surface area (Å²) in [6.45, 7) is 6.27. The highest BCUT2D eigenvalue weighted by Crippen LogP contribution is 2.14. The van der Waals surface area contributed by atoms with E-state index in [0.717, 1.165) is 0 Å². The summed E-state index contributed by atoms with van der Waals surface area (Å²) in [5.41, 5.74) is 2.58. The first-order valence-corrected chi connectivity index (χ1v) is 6.90. The highest BCUT2D eigenvalue weighted by atomic mass is 28.4. The Morgan fingerprint density at radius 1 is 1.00 bits per heavy atom. The van der Waals surface area contributed by atoms with Crippen molar-refractivity contribution in [2.45, 2.75) is 26.8 Å². The molecular formula is C11H22O3Si. The van der Waals surface area contributed by atoms with Gasteiger partial charge in [0.2, 0.25) is 0 Å². The van der Waals surface area contributed by atoms with Crippen LogP contribution in [-0.4, -0.2) is 30.1 Å². The van der Waals surface area contributed by atoms with Gasteiger partial charge in [-0.15, -0.1) is 0 Å². The number of rotatable bonds is 6. The predicted molar refractivity (Wildman–Crippen MR) is 64.8 cm³/mol. The summed E-state index contributed by atoms with van der Waals surface area (Å²) in [7, 11) is 2.45. The van der Waals surface area contributed by atoms with E-state index in [1.807, 2.05) is 6.08 Å². The lowest BCUT2D eigenvalue weighted by Crippen LogP contribution is -2.42. The fourth-order valence-electron chi connectivity index (χ4n) is 1.05. The summed E-state index contributed by atoms with van der Waals surface area (Å²) >= 11 is 0. The van der Waals surface area contributed by atoms with Crippen LogP contribution in [0.1, 0.15) is 20.8 Å². The van der Waals surface area contributed by atoms with Crippen LogP contribution < -0.4 is 0 Å². The van der Waals surface area contributed by atoms with E-state index in [-0.39, 0.29) is 0 Å². The van der Waals surface area contributed by atoms with E-state index in [4.69, 9.17) is 13.3 Å². The van der Waals surface area contributed by atoms with Crippen molar-refractivity contribution in [3.8, 4) is 0 Å². The Labute approximate surface area is 94.1 Å². The quantitative estimate of drug-likeness (QED) is 0.519. The molecule has 0 aromatic rings. The van der Waals surface area contributed by atoms with Crippen LogP contribution in [0.3, 0.4) is 0 Å². The van der Waals surface area contributed by atoms with Gasteiger partial charge in [0.25, 0.3) is 0 Å². The maximum absolute atomic E-state index is 5.31. The highest BCUT2D eigenvalue weighted by molar-refractivity contribution is 6.61. The van der Waals surface area contributed by atoms with Crippen molar-refractivity contribution < 1.29 is 13.3 Å². The number of hydrogen-bond acceptors (Lipinski definition) is 3. The average molecular weight is 230 g/mol. The zero-order chi connectivity index (χ0) is 11.9. The predicted octanol–water partition coefficient (Wildman–Crippen LogP) is 2.78. The van der Waals surface area contributed by atoms with Gasteiger partial charge in [0.05, 0.1) is 0 Å². The SMILES string of the molecule is CO[Si](C/C=C/C(C)=C(C)C)(OC)OC. The van der Waals surface area contributed by atoms with Crippen LogP contribution in [0.25, 0.3) is 0 Å². The van der Waals surface area contributed by atoms with E-state index in [0.29, 0.717) is 6.04 Å². The molecule has 4 heteroatoms. The summed E-state index contributed by atoms with van der Waals surface area (Å²) in [5, 5.41) is 0. The minimum absolute atomic E-state index is 0.696. The summed E-state index contributed by atoms with van der Waals surface area (Å²) < 4.78 is 15.9. The zero-order valence-corrected chi connectivity index (χ0v) is 11.6. The molecule has 0 unspecified atom stereocenters. The third-order valence-corrected chi connectivity index (χ3v) is 5.06. The van der Waals surface area contributed by atoms with Gasteiger partial charge >= 0.3 is 8.80 Å². The molecule has 0 spiro atoms. The number of hydrogen-bond donors (Lipinski definition) is 0. The molecule has 0 aliphatic carbocycles. The van der Waals surface area contributed by atoms with Crippen molar-refractivity contribution >= 4 is 8.80 Å². The van der Waals surface area contributed by atoms with Crippen LogP contribution in [-0.2, 0) is 13.3 Å². The van der Waals surface area contributed by atoms with Crippen molar-refractivity contribution in [1.29, 1.82) is 0 Å². The van der Waals surface area contributed by atoms with E-state index in [1.54, 1.807) is 21.3 Å². The standard InChI is InChI=1S/C11H22O3Si/c1-10(2)11(3)8-7-9-15(12-4,13-5)14-6/h7-8H,9H2,1-6H3/b8-7+. The molecule has 3 nitrogen and oxygen atoms in total. The molecule has 0 aliphatic rings. The first-order valence-electron chi connectivity index (χ1n) is 4.97. The molecule has 0 heterocycles. The zero-order valence-electron chi connectivity index (χ0n) is 10.6. The Kier molecular flexibility index (Phi) is 6.76. The molecule has 0 aromatic carbocycles. The lowest BCUT2D eigenvalue weighted by atomic mass is 10.2. The van der Waals surface area contributed by atoms with Crippen LogP contribution in [0.4, 0.5) is 0 Å². The van der Waals surface area contributed by atoms with Crippen LogP contribution in [0, 0.1) is 0 Å².